The van der Waals surface area contributed by atoms with Crippen molar-refractivity contribution in [1.29, 1.82) is 0 Å². The van der Waals surface area contributed by atoms with E-state index in [2.05, 4.69) is 27.3 Å². The zero-order valence-corrected chi connectivity index (χ0v) is 21.6. The fraction of sp³-hybridized carbons (Fsp3) is 0.310. The lowest BCUT2D eigenvalue weighted by molar-refractivity contribution is -0.114. The number of carbonyl (C=O) groups is 1. The fourth-order valence-corrected chi connectivity index (χ4v) is 5.32. The third kappa shape index (κ3) is 5.89. The van der Waals surface area contributed by atoms with Crippen molar-refractivity contribution in [2.45, 2.75) is 38.6 Å². The molecule has 0 bridgehead atoms. The maximum atomic E-state index is 13.2. The van der Waals surface area contributed by atoms with Crippen LogP contribution in [0.5, 0.6) is 0 Å². The number of hydrogen-bond donors (Lipinski definition) is 1. The van der Waals surface area contributed by atoms with Crippen molar-refractivity contribution < 1.29 is 4.79 Å². The van der Waals surface area contributed by atoms with Gasteiger partial charge in [0, 0.05) is 42.5 Å². The number of likely N-dealkylation sites (tertiary alicyclic amines) is 1. The molecule has 4 aromatic rings. The molecule has 1 N–H and O–H groups in total. The van der Waals surface area contributed by atoms with Gasteiger partial charge in [0.2, 0.25) is 5.91 Å². The Morgan fingerprint density at radius 3 is 2.57 bits per heavy atom. The van der Waals surface area contributed by atoms with E-state index in [1.165, 1.54) is 12.5 Å². The molecule has 0 atom stereocenters. The smallest absolute Gasteiger partial charge is 0.274 e. The van der Waals surface area contributed by atoms with Crippen LogP contribution in [0.3, 0.4) is 0 Å². The molecule has 1 amide bonds. The van der Waals surface area contributed by atoms with Crippen LogP contribution in [-0.2, 0) is 11.3 Å². The monoisotopic (exact) mass is 515 g/mol. The van der Waals surface area contributed by atoms with E-state index in [9.17, 15) is 9.59 Å². The first-order valence-electron chi connectivity index (χ1n) is 12.7. The first-order chi connectivity index (χ1) is 18.0. The van der Waals surface area contributed by atoms with Gasteiger partial charge >= 0.3 is 0 Å². The number of pyridine rings is 1. The van der Waals surface area contributed by atoms with Crippen LogP contribution in [0.15, 0.2) is 71.8 Å². The zero-order chi connectivity index (χ0) is 25.8. The Morgan fingerprint density at radius 2 is 1.81 bits per heavy atom. The van der Waals surface area contributed by atoms with Crippen molar-refractivity contribution in [3.8, 4) is 11.3 Å². The largest absolute Gasteiger partial charge is 0.326 e. The minimum atomic E-state index is -0.0768. The first-order valence-corrected chi connectivity index (χ1v) is 13.1. The number of piperidine rings is 1. The second-order valence-electron chi connectivity index (χ2n) is 9.59. The number of carbonyl (C=O) groups excluding carboxylic acids is 1. The molecular weight excluding hydrogens is 486 g/mol. The van der Waals surface area contributed by atoms with Gasteiger partial charge in [-0.2, -0.15) is 5.10 Å². The summed E-state index contributed by atoms with van der Waals surface area (Å²) in [4.78, 5) is 31.2. The summed E-state index contributed by atoms with van der Waals surface area (Å²) in [7, 11) is 0. The van der Waals surface area contributed by atoms with Crippen molar-refractivity contribution in [1.82, 2.24) is 19.7 Å². The van der Waals surface area contributed by atoms with Crippen LogP contribution in [0.2, 0.25) is 5.02 Å². The highest BCUT2D eigenvalue weighted by Crippen LogP contribution is 2.30. The standard InChI is InChI=1S/C29H30ClN5O2/c1-20(36)32-25-7-4-6-22(17-25)21-10-14-34(15-11-21)12-5-13-35-29(37)27-9-3-2-8-26(27)28(33-35)23-16-24(30)19-31-18-23/h2-4,6-9,16-19,21H,5,10-15H2,1H3,(H,32,36). The quantitative estimate of drug-likeness (QED) is 0.359. The normalized spacial score (nSPS) is 14.6. The minimum Gasteiger partial charge on any atom is -0.326 e. The van der Waals surface area contributed by atoms with Crippen molar-refractivity contribution in [2.24, 2.45) is 0 Å². The molecule has 2 aromatic carbocycles. The molecule has 1 fully saturated rings. The molecule has 3 heterocycles. The number of hydrogen-bond acceptors (Lipinski definition) is 5. The molecule has 8 heteroatoms. The van der Waals surface area contributed by atoms with E-state index < -0.39 is 0 Å². The van der Waals surface area contributed by atoms with E-state index in [-0.39, 0.29) is 11.5 Å². The van der Waals surface area contributed by atoms with E-state index in [0.717, 1.165) is 55.5 Å². The molecule has 2 aromatic heterocycles. The Bertz CT molecular complexity index is 1480. The molecular formula is C29H30ClN5O2. The molecule has 0 radical (unpaired) electrons. The molecule has 7 nitrogen and oxygen atoms in total. The second kappa shape index (κ2) is 11.2. The predicted molar refractivity (Wildman–Crippen MR) is 148 cm³/mol. The summed E-state index contributed by atoms with van der Waals surface area (Å²) in [6.07, 6.45) is 6.30. The summed E-state index contributed by atoms with van der Waals surface area (Å²) in [5.74, 6) is 0.437. The highest BCUT2D eigenvalue weighted by atomic mass is 35.5. The number of aromatic nitrogens is 3. The predicted octanol–water partition coefficient (Wildman–Crippen LogP) is 5.34. The van der Waals surface area contributed by atoms with Crippen LogP contribution in [0, 0.1) is 0 Å². The number of nitrogens with zero attached hydrogens (tertiary/aromatic N) is 4. The molecule has 5 rings (SSSR count). The van der Waals surface area contributed by atoms with Crippen LogP contribution < -0.4 is 10.9 Å². The van der Waals surface area contributed by atoms with Crippen LogP contribution in [-0.4, -0.2) is 45.2 Å². The summed E-state index contributed by atoms with van der Waals surface area (Å²) in [5, 5.41) is 9.59. The number of rotatable bonds is 7. The molecule has 0 spiro atoms. The third-order valence-corrected chi connectivity index (χ3v) is 7.16. The lowest BCUT2D eigenvalue weighted by atomic mass is 9.89. The topological polar surface area (TPSA) is 80.1 Å². The molecule has 1 aliphatic rings. The fourth-order valence-electron chi connectivity index (χ4n) is 5.15. The summed E-state index contributed by atoms with van der Waals surface area (Å²) >= 11 is 6.18. The number of amides is 1. The molecule has 0 saturated carbocycles. The van der Waals surface area contributed by atoms with Crippen molar-refractivity contribution in [3.05, 3.63) is 87.9 Å². The van der Waals surface area contributed by atoms with Gasteiger partial charge in [0.25, 0.3) is 5.56 Å². The number of nitrogens with one attached hydrogen (secondary N) is 1. The average molecular weight is 516 g/mol. The highest BCUT2D eigenvalue weighted by molar-refractivity contribution is 6.30. The van der Waals surface area contributed by atoms with Crippen LogP contribution in [0.1, 0.15) is 37.7 Å². The number of aryl methyl sites for hydroxylation is 1. The van der Waals surface area contributed by atoms with Gasteiger partial charge in [0.05, 0.1) is 10.4 Å². The maximum Gasteiger partial charge on any atom is 0.274 e. The number of fused-ring (bicyclic) bond motifs is 1. The van der Waals surface area contributed by atoms with E-state index in [4.69, 9.17) is 16.7 Å². The van der Waals surface area contributed by atoms with Crippen LogP contribution >= 0.6 is 11.6 Å². The van der Waals surface area contributed by atoms with Gasteiger partial charge in [-0.3, -0.25) is 14.6 Å². The molecule has 1 saturated heterocycles. The number of benzene rings is 2. The Hall–Kier alpha value is -3.55. The Morgan fingerprint density at radius 1 is 1.03 bits per heavy atom. The third-order valence-electron chi connectivity index (χ3n) is 6.96. The second-order valence-corrected chi connectivity index (χ2v) is 10.0. The maximum absolute atomic E-state index is 13.2. The van der Waals surface area contributed by atoms with Gasteiger partial charge in [-0.1, -0.05) is 41.9 Å². The van der Waals surface area contributed by atoms with Crippen molar-refractivity contribution in [3.63, 3.8) is 0 Å². The average Bonchev–Trinajstić information content (AvgIpc) is 2.90. The lowest BCUT2D eigenvalue weighted by Gasteiger charge is -2.32. The van der Waals surface area contributed by atoms with E-state index in [0.29, 0.717) is 28.6 Å². The van der Waals surface area contributed by atoms with Gasteiger partial charge in [-0.25, -0.2) is 4.68 Å². The molecule has 0 aliphatic carbocycles. The van der Waals surface area contributed by atoms with Crippen LogP contribution in [0.25, 0.3) is 22.0 Å². The van der Waals surface area contributed by atoms with Gasteiger partial charge in [0.1, 0.15) is 5.69 Å². The minimum absolute atomic E-state index is 0.0525. The number of halogens is 1. The summed E-state index contributed by atoms with van der Waals surface area (Å²) in [5.41, 5.74) is 3.57. The SMILES string of the molecule is CC(=O)Nc1cccc(C2CCN(CCCn3nc(-c4cncc(Cl)c4)c4ccccc4c3=O)CC2)c1. The molecule has 0 unspecified atom stereocenters. The summed E-state index contributed by atoms with van der Waals surface area (Å²) in [6.45, 7) is 5.00. The van der Waals surface area contributed by atoms with E-state index in [1.54, 1.807) is 17.1 Å². The lowest BCUT2D eigenvalue weighted by Crippen LogP contribution is -2.34. The number of anilines is 1. The van der Waals surface area contributed by atoms with Gasteiger partial charge < -0.3 is 10.2 Å². The molecule has 37 heavy (non-hydrogen) atoms. The van der Waals surface area contributed by atoms with Gasteiger partial charge in [0.15, 0.2) is 0 Å². The van der Waals surface area contributed by atoms with E-state index >= 15 is 0 Å². The Balaban J connectivity index is 1.24. The molecule has 190 valence electrons. The van der Waals surface area contributed by atoms with Crippen LogP contribution in [0.4, 0.5) is 5.69 Å². The van der Waals surface area contributed by atoms with Crippen molar-refractivity contribution >= 4 is 34.0 Å². The Labute approximate surface area is 221 Å². The highest BCUT2D eigenvalue weighted by Gasteiger charge is 2.21. The summed E-state index contributed by atoms with van der Waals surface area (Å²) < 4.78 is 1.58. The zero-order valence-electron chi connectivity index (χ0n) is 20.9. The van der Waals surface area contributed by atoms with Crippen molar-refractivity contribution in [2.75, 3.05) is 25.0 Å². The van der Waals surface area contributed by atoms with Gasteiger partial charge in [-0.05, 0) is 74.6 Å². The first kappa shape index (κ1) is 25.1. The summed E-state index contributed by atoms with van der Waals surface area (Å²) in [6, 6.07) is 17.6. The van der Waals surface area contributed by atoms with Gasteiger partial charge in [-0.15, -0.1) is 0 Å². The van der Waals surface area contributed by atoms with E-state index in [1.807, 2.05) is 42.5 Å². The molecule has 1 aliphatic heterocycles. The Kier molecular flexibility index (Phi) is 7.63.